The van der Waals surface area contributed by atoms with E-state index in [1.807, 2.05) is 0 Å². The molecule has 0 spiro atoms. The Labute approximate surface area is 74.3 Å². The third kappa shape index (κ3) is 2.08. The Hall–Kier alpha value is -0.830. The summed E-state index contributed by atoms with van der Waals surface area (Å²) in [6, 6.07) is 4.56. The first-order valence-corrected chi connectivity index (χ1v) is 3.87. The van der Waals surface area contributed by atoms with Gasteiger partial charge in [-0.15, -0.1) is 0 Å². The summed E-state index contributed by atoms with van der Waals surface area (Å²) in [5.74, 6) is -0.535. The van der Waals surface area contributed by atoms with Crippen molar-refractivity contribution < 1.29 is 8.78 Å². The zero-order valence-corrected chi connectivity index (χ0v) is 7.04. The number of anilines is 1. The largest absolute Gasteiger partial charge is 0.380 e. The van der Waals surface area contributed by atoms with E-state index in [0.717, 1.165) is 0 Å². The first-order valence-electron chi connectivity index (χ1n) is 3.49. The van der Waals surface area contributed by atoms with Crippen molar-refractivity contribution in [1.82, 2.24) is 0 Å². The summed E-state index contributed by atoms with van der Waals surface area (Å²) in [5.41, 5.74) is 0.236. The van der Waals surface area contributed by atoms with E-state index in [-0.39, 0.29) is 17.3 Å². The highest BCUT2D eigenvalue weighted by Gasteiger charge is 2.04. The lowest BCUT2D eigenvalue weighted by Crippen LogP contribution is -2.04. The van der Waals surface area contributed by atoms with Gasteiger partial charge >= 0.3 is 0 Å². The van der Waals surface area contributed by atoms with E-state index in [4.69, 9.17) is 11.6 Å². The maximum Gasteiger partial charge on any atom is 0.164 e. The Morgan fingerprint density at radius 1 is 1.42 bits per heavy atom. The van der Waals surface area contributed by atoms with E-state index in [0.29, 0.717) is 0 Å². The summed E-state index contributed by atoms with van der Waals surface area (Å²) >= 11 is 5.48. The summed E-state index contributed by atoms with van der Waals surface area (Å²) in [4.78, 5) is 0. The highest BCUT2D eigenvalue weighted by molar-refractivity contribution is 6.31. The van der Waals surface area contributed by atoms with Crippen LogP contribution in [-0.4, -0.2) is 13.2 Å². The fourth-order valence-corrected chi connectivity index (χ4v) is 0.997. The molecule has 0 heterocycles. The normalized spacial score (nSPS) is 9.92. The third-order valence-corrected chi connectivity index (χ3v) is 1.65. The van der Waals surface area contributed by atoms with E-state index in [9.17, 15) is 8.78 Å². The molecule has 66 valence electrons. The van der Waals surface area contributed by atoms with Gasteiger partial charge in [0.25, 0.3) is 0 Å². The van der Waals surface area contributed by atoms with Crippen molar-refractivity contribution in [1.29, 1.82) is 0 Å². The van der Waals surface area contributed by atoms with Crippen molar-refractivity contribution in [3.05, 3.63) is 29.0 Å². The molecule has 0 saturated carbocycles. The zero-order chi connectivity index (χ0) is 8.97. The third-order valence-electron chi connectivity index (χ3n) is 1.36. The van der Waals surface area contributed by atoms with Crippen LogP contribution in [0.1, 0.15) is 0 Å². The van der Waals surface area contributed by atoms with Gasteiger partial charge in [-0.2, -0.15) is 0 Å². The quantitative estimate of drug-likeness (QED) is 0.775. The molecular weight excluding hydrogens is 184 g/mol. The van der Waals surface area contributed by atoms with Gasteiger partial charge in [0.15, 0.2) is 5.82 Å². The summed E-state index contributed by atoms with van der Waals surface area (Å²) in [6.45, 7) is -0.441. The fraction of sp³-hybridized carbons (Fsp3) is 0.250. The Balaban J connectivity index is 2.78. The molecule has 0 amide bonds. The predicted molar refractivity (Wildman–Crippen MR) is 45.9 cm³/mol. The monoisotopic (exact) mass is 191 g/mol. The number of hydrogen-bond donors (Lipinski definition) is 1. The van der Waals surface area contributed by atoms with Gasteiger partial charge in [-0.25, -0.2) is 8.78 Å². The number of halogens is 3. The minimum absolute atomic E-state index is 0.0406. The van der Waals surface area contributed by atoms with Gasteiger partial charge in [0.05, 0.1) is 10.7 Å². The number of hydrogen-bond acceptors (Lipinski definition) is 1. The predicted octanol–water partition coefficient (Wildman–Crippen LogP) is 2.86. The lowest BCUT2D eigenvalue weighted by Gasteiger charge is -2.05. The molecule has 1 N–H and O–H groups in total. The second kappa shape index (κ2) is 4.26. The Morgan fingerprint density at radius 2 is 2.17 bits per heavy atom. The zero-order valence-electron chi connectivity index (χ0n) is 6.28. The molecule has 0 fully saturated rings. The molecule has 1 aromatic rings. The van der Waals surface area contributed by atoms with Gasteiger partial charge in [0, 0.05) is 6.54 Å². The van der Waals surface area contributed by atoms with Crippen molar-refractivity contribution in [2.45, 2.75) is 0 Å². The summed E-state index contributed by atoms with van der Waals surface area (Å²) in [5, 5.41) is 2.61. The van der Waals surface area contributed by atoms with Gasteiger partial charge in [-0.05, 0) is 12.1 Å². The molecule has 0 aliphatic heterocycles. The molecule has 1 rings (SSSR count). The molecule has 0 atom stereocenters. The minimum Gasteiger partial charge on any atom is -0.380 e. The molecule has 0 bridgehead atoms. The SMILES string of the molecule is FCCNc1cccc(Cl)c1F. The maximum absolute atomic E-state index is 13.0. The number of nitrogens with one attached hydrogen (secondary N) is 1. The van der Waals surface area contributed by atoms with E-state index < -0.39 is 12.5 Å². The van der Waals surface area contributed by atoms with Crippen LogP contribution in [0.2, 0.25) is 5.02 Å². The van der Waals surface area contributed by atoms with Crippen LogP contribution >= 0.6 is 11.6 Å². The molecular formula is C8H8ClF2N. The van der Waals surface area contributed by atoms with Crippen molar-refractivity contribution in [2.75, 3.05) is 18.5 Å². The molecule has 1 nitrogen and oxygen atoms in total. The van der Waals surface area contributed by atoms with Gasteiger partial charge in [-0.3, -0.25) is 0 Å². The summed E-state index contributed by atoms with van der Waals surface area (Å²) < 4.78 is 24.7. The molecule has 0 radical (unpaired) electrons. The van der Waals surface area contributed by atoms with Gasteiger partial charge < -0.3 is 5.32 Å². The van der Waals surface area contributed by atoms with E-state index >= 15 is 0 Å². The Kier molecular flexibility index (Phi) is 3.29. The molecule has 0 aliphatic carbocycles. The Bertz CT molecular complexity index is 265. The summed E-state index contributed by atoms with van der Waals surface area (Å²) in [7, 11) is 0. The minimum atomic E-state index is -0.536. The van der Waals surface area contributed by atoms with Crippen LogP contribution in [-0.2, 0) is 0 Å². The second-order valence-electron chi connectivity index (χ2n) is 2.22. The van der Waals surface area contributed by atoms with E-state index in [1.165, 1.54) is 12.1 Å². The van der Waals surface area contributed by atoms with Crippen LogP contribution in [0.5, 0.6) is 0 Å². The van der Waals surface area contributed by atoms with Crippen molar-refractivity contribution in [3.8, 4) is 0 Å². The second-order valence-corrected chi connectivity index (χ2v) is 2.62. The van der Waals surface area contributed by atoms with Crippen LogP contribution in [0.4, 0.5) is 14.5 Å². The van der Waals surface area contributed by atoms with Crippen LogP contribution in [0.15, 0.2) is 18.2 Å². The molecule has 12 heavy (non-hydrogen) atoms. The highest BCUT2D eigenvalue weighted by Crippen LogP contribution is 2.21. The fourth-order valence-electron chi connectivity index (χ4n) is 0.822. The van der Waals surface area contributed by atoms with Crippen LogP contribution in [0.3, 0.4) is 0 Å². The lowest BCUT2D eigenvalue weighted by molar-refractivity contribution is 0.511. The molecule has 0 aliphatic rings. The van der Waals surface area contributed by atoms with Crippen LogP contribution in [0, 0.1) is 5.82 Å². The smallest absolute Gasteiger partial charge is 0.164 e. The average Bonchev–Trinajstić information content (AvgIpc) is 2.08. The Morgan fingerprint density at radius 3 is 2.83 bits per heavy atom. The van der Waals surface area contributed by atoms with E-state index in [2.05, 4.69) is 5.32 Å². The first-order chi connectivity index (χ1) is 5.75. The van der Waals surface area contributed by atoms with Gasteiger partial charge in [0.1, 0.15) is 6.67 Å². The highest BCUT2D eigenvalue weighted by atomic mass is 35.5. The lowest BCUT2D eigenvalue weighted by atomic mass is 10.3. The molecule has 0 saturated heterocycles. The van der Waals surface area contributed by atoms with Gasteiger partial charge in [-0.1, -0.05) is 17.7 Å². The molecule has 0 aromatic heterocycles. The van der Waals surface area contributed by atoms with Crippen molar-refractivity contribution >= 4 is 17.3 Å². The number of alkyl halides is 1. The van der Waals surface area contributed by atoms with Gasteiger partial charge in [0.2, 0.25) is 0 Å². The van der Waals surface area contributed by atoms with E-state index in [1.54, 1.807) is 6.07 Å². The standard InChI is InChI=1S/C8H8ClF2N/c9-6-2-1-3-7(8(6)11)12-5-4-10/h1-3,12H,4-5H2. The van der Waals surface area contributed by atoms with Crippen molar-refractivity contribution in [3.63, 3.8) is 0 Å². The number of rotatable bonds is 3. The summed E-state index contributed by atoms with van der Waals surface area (Å²) in [6.07, 6.45) is 0. The average molecular weight is 192 g/mol. The van der Waals surface area contributed by atoms with Crippen molar-refractivity contribution in [2.24, 2.45) is 0 Å². The maximum atomic E-state index is 13.0. The first kappa shape index (κ1) is 9.26. The molecule has 4 heteroatoms. The molecule has 1 aromatic carbocycles. The van der Waals surface area contributed by atoms with Crippen LogP contribution < -0.4 is 5.32 Å². The number of benzene rings is 1. The molecule has 0 unspecified atom stereocenters. The van der Waals surface area contributed by atoms with Crippen LogP contribution in [0.25, 0.3) is 0 Å². The topological polar surface area (TPSA) is 12.0 Å².